The van der Waals surface area contributed by atoms with Crippen molar-refractivity contribution < 1.29 is 0 Å². The SMILES string of the molecule is Cc1cccc([SH]2(C)(c3cccc(C)c3)c3ccccc3-c3ccccc32)c1. The minimum absolute atomic E-state index is 1.32. The molecule has 28 heavy (non-hydrogen) atoms. The average molecular weight is 383 g/mol. The zero-order valence-corrected chi connectivity index (χ0v) is 17.6. The van der Waals surface area contributed by atoms with E-state index in [4.69, 9.17) is 0 Å². The first-order chi connectivity index (χ1) is 13.5. The molecule has 5 rings (SSSR count). The van der Waals surface area contributed by atoms with E-state index in [1.54, 1.807) is 0 Å². The molecule has 0 amide bonds. The van der Waals surface area contributed by atoms with E-state index in [1.807, 2.05) is 0 Å². The lowest BCUT2D eigenvalue weighted by molar-refractivity contribution is 1.22. The van der Waals surface area contributed by atoms with Gasteiger partial charge in [0.1, 0.15) is 0 Å². The van der Waals surface area contributed by atoms with Gasteiger partial charge in [-0.3, -0.25) is 0 Å². The van der Waals surface area contributed by atoms with Gasteiger partial charge in [-0.2, -0.15) is 0 Å². The monoisotopic (exact) mass is 382 g/mol. The van der Waals surface area contributed by atoms with Gasteiger partial charge >= 0.3 is 0 Å². The van der Waals surface area contributed by atoms with Gasteiger partial charge in [-0.05, 0) is 62.9 Å². The fourth-order valence-corrected chi connectivity index (χ4v) is 11.3. The van der Waals surface area contributed by atoms with Gasteiger partial charge < -0.3 is 0 Å². The quantitative estimate of drug-likeness (QED) is 0.340. The van der Waals surface area contributed by atoms with Gasteiger partial charge in [-0.15, -0.1) is 0 Å². The number of aryl methyl sites for hydroxylation is 2. The van der Waals surface area contributed by atoms with E-state index in [0.717, 1.165) is 0 Å². The van der Waals surface area contributed by atoms with Crippen LogP contribution in [-0.4, -0.2) is 6.26 Å². The Morgan fingerprint density at radius 3 is 1.36 bits per heavy atom. The van der Waals surface area contributed by atoms with E-state index in [1.165, 1.54) is 41.8 Å². The van der Waals surface area contributed by atoms with Crippen LogP contribution in [0.25, 0.3) is 11.1 Å². The maximum absolute atomic E-state index is 2.81. The topological polar surface area (TPSA) is 0 Å². The van der Waals surface area contributed by atoms with Crippen molar-refractivity contribution in [3.05, 3.63) is 108 Å². The van der Waals surface area contributed by atoms with Crippen LogP contribution in [-0.2, 0) is 0 Å². The third-order valence-electron chi connectivity index (χ3n) is 6.60. The predicted molar refractivity (Wildman–Crippen MR) is 122 cm³/mol. The molecule has 1 heterocycles. The van der Waals surface area contributed by atoms with Gasteiger partial charge in [0.15, 0.2) is 0 Å². The van der Waals surface area contributed by atoms with E-state index < -0.39 is 9.16 Å². The zero-order valence-electron chi connectivity index (χ0n) is 16.7. The lowest BCUT2D eigenvalue weighted by Crippen LogP contribution is -2.17. The molecule has 140 valence electrons. The third kappa shape index (κ3) is 2.03. The van der Waals surface area contributed by atoms with Crippen LogP contribution in [0, 0.1) is 13.8 Å². The van der Waals surface area contributed by atoms with Gasteiger partial charge in [-0.1, -0.05) is 96.1 Å². The summed E-state index contributed by atoms with van der Waals surface area (Å²) in [7, 11) is -2.81. The van der Waals surface area contributed by atoms with E-state index >= 15 is 0 Å². The first kappa shape index (κ1) is 17.3. The molecule has 0 nitrogen and oxygen atoms in total. The summed E-state index contributed by atoms with van der Waals surface area (Å²) >= 11 is 0. The van der Waals surface area contributed by atoms with Crippen molar-refractivity contribution >= 4 is 9.16 Å². The van der Waals surface area contributed by atoms with E-state index in [2.05, 4.69) is 117 Å². The van der Waals surface area contributed by atoms with E-state index in [-0.39, 0.29) is 0 Å². The molecule has 1 aliphatic rings. The number of hydrogen-bond acceptors (Lipinski definition) is 0. The molecule has 0 aliphatic carbocycles. The number of fused-ring (bicyclic) bond motifs is 3. The number of thiol groups is 1. The highest BCUT2D eigenvalue weighted by atomic mass is 32.3. The van der Waals surface area contributed by atoms with Gasteiger partial charge in [0.05, 0.1) is 0 Å². The van der Waals surface area contributed by atoms with Gasteiger partial charge in [0.2, 0.25) is 0 Å². The maximum atomic E-state index is 2.56. The predicted octanol–water partition coefficient (Wildman–Crippen LogP) is 7.52. The Bertz CT molecular complexity index is 1120. The van der Waals surface area contributed by atoms with Crippen LogP contribution >= 0.6 is 9.16 Å². The minimum atomic E-state index is -2.81. The maximum Gasteiger partial charge on any atom is -0.00583 e. The van der Waals surface area contributed by atoms with Crippen LogP contribution in [0.15, 0.2) is 117 Å². The van der Waals surface area contributed by atoms with Crippen LogP contribution < -0.4 is 0 Å². The molecule has 0 fully saturated rings. The first-order valence-electron chi connectivity index (χ1n) is 9.89. The molecule has 0 unspecified atom stereocenters. The molecule has 0 bridgehead atoms. The molecule has 0 N–H and O–H groups in total. The van der Waals surface area contributed by atoms with Crippen molar-refractivity contribution in [3.63, 3.8) is 0 Å². The van der Waals surface area contributed by atoms with Gasteiger partial charge in [-0.25, -0.2) is 9.16 Å². The van der Waals surface area contributed by atoms with Crippen LogP contribution in [0.5, 0.6) is 0 Å². The summed E-state index contributed by atoms with van der Waals surface area (Å²) < 4.78 is 0. The highest BCUT2D eigenvalue weighted by molar-refractivity contribution is 8.49. The summed E-state index contributed by atoms with van der Waals surface area (Å²) in [5.74, 6) is 0. The summed E-state index contributed by atoms with van der Waals surface area (Å²) in [4.78, 5) is 5.89. The van der Waals surface area contributed by atoms with Crippen LogP contribution in [0.3, 0.4) is 0 Å². The highest BCUT2D eigenvalue weighted by Gasteiger charge is 2.50. The van der Waals surface area contributed by atoms with Crippen LogP contribution in [0.2, 0.25) is 0 Å². The molecule has 0 spiro atoms. The average Bonchev–Trinajstić information content (AvgIpc) is 2.97. The van der Waals surface area contributed by atoms with Gasteiger partial charge in [0.25, 0.3) is 0 Å². The molecule has 0 saturated heterocycles. The molecular weight excluding hydrogens is 356 g/mol. The Balaban J connectivity index is 2.06. The van der Waals surface area contributed by atoms with Crippen molar-refractivity contribution in [1.29, 1.82) is 0 Å². The molecule has 0 radical (unpaired) electrons. The normalized spacial score (nSPS) is 17.2. The Morgan fingerprint density at radius 1 is 0.500 bits per heavy atom. The van der Waals surface area contributed by atoms with Crippen molar-refractivity contribution in [1.82, 2.24) is 0 Å². The number of hydrogen-bond donors (Lipinski definition) is 1. The molecule has 1 heteroatoms. The summed E-state index contributed by atoms with van der Waals surface area (Å²) in [6.45, 7) is 4.41. The molecule has 1 aliphatic heterocycles. The second-order valence-electron chi connectivity index (χ2n) is 8.28. The van der Waals surface area contributed by atoms with Crippen LogP contribution in [0.1, 0.15) is 11.1 Å². The zero-order chi connectivity index (χ0) is 19.4. The highest BCUT2D eigenvalue weighted by Crippen LogP contribution is 2.92. The largest absolute Gasteiger partial charge is 0.201 e. The molecule has 4 aromatic carbocycles. The molecule has 0 saturated carbocycles. The fraction of sp³-hybridized carbons (Fsp3) is 0.111. The number of benzene rings is 4. The van der Waals surface area contributed by atoms with Crippen LogP contribution in [0.4, 0.5) is 0 Å². The van der Waals surface area contributed by atoms with Crippen molar-refractivity contribution in [2.24, 2.45) is 0 Å². The summed E-state index contributed by atoms with van der Waals surface area (Å²) in [6.07, 6.45) is 2.56. The molecule has 4 aromatic rings. The third-order valence-corrected chi connectivity index (χ3v) is 12.9. The standard InChI is InChI=1S/C27H26S/c1-20-10-8-12-22(18-20)28(3,23-13-9-11-21(2)19-23)26-16-6-4-14-24(26)25-15-5-7-17-27(25)28/h4-19,28H,1-3H3. The second kappa shape index (κ2) is 5.86. The summed E-state index contributed by atoms with van der Waals surface area (Å²) in [6, 6.07) is 36.5. The molecule has 0 atom stereocenters. The van der Waals surface area contributed by atoms with E-state index in [0.29, 0.717) is 0 Å². The minimum Gasteiger partial charge on any atom is -0.201 e. The molecular formula is C27H26S. The van der Waals surface area contributed by atoms with E-state index in [9.17, 15) is 0 Å². The fourth-order valence-electron chi connectivity index (χ4n) is 5.16. The first-order valence-corrected chi connectivity index (χ1v) is 12.6. The molecule has 0 aromatic heterocycles. The summed E-state index contributed by atoms with van der Waals surface area (Å²) in [5, 5.41) is 0. The lowest BCUT2D eigenvalue weighted by Gasteiger charge is -2.58. The van der Waals surface area contributed by atoms with Crippen molar-refractivity contribution in [2.45, 2.75) is 33.4 Å². The lowest BCUT2D eigenvalue weighted by atomic mass is 10.1. The smallest absolute Gasteiger partial charge is 0.00583 e. The van der Waals surface area contributed by atoms with Gasteiger partial charge in [0, 0.05) is 0 Å². The van der Waals surface area contributed by atoms with Crippen molar-refractivity contribution in [2.75, 3.05) is 6.26 Å². The Hall–Kier alpha value is -2.77. The number of rotatable bonds is 2. The Morgan fingerprint density at radius 2 is 0.929 bits per heavy atom. The van der Waals surface area contributed by atoms with Crippen molar-refractivity contribution in [3.8, 4) is 11.1 Å². The Kier molecular flexibility index (Phi) is 3.63. The second-order valence-corrected chi connectivity index (χ2v) is 13.4. The Labute approximate surface area is 168 Å². The summed E-state index contributed by atoms with van der Waals surface area (Å²) in [5.41, 5.74) is 5.42.